The summed E-state index contributed by atoms with van der Waals surface area (Å²) in [6.07, 6.45) is 1.68. The normalized spacial score (nSPS) is 19.9. The van der Waals surface area contributed by atoms with Crippen molar-refractivity contribution in [3.63, 3.8) is 0 Å². The molecule has 5 heteroatoms. The molecule has 0 fully saturated rings. The van der Waals surface area contributed by atoms with Gasteiger partial charge in [0.1, 0.15) is 11.4 Å². The van der Waals surface area contributed by atoms with Crippen molar-refractivity contribution in [3.8, 4) is 5.75 Å². The molecule has 0 aromatic heterocycles. The minimum Gasteiger partial charge on any atom is -0.497 e. The van der Waals surface area contributed by atoms with Crippen LogP contribution in [-0.4, -0.2) is 18.2 Å². The molecule has 5 nitrogen and oxygen atoms in total. The Morgan fingerprint density at radius 1 is 0.964 bits per heavy atom. The molecule has 0 bridgehead atoms. The molecule has 0 spiro atoms. The van der Waals surface area contributed by atoms with Crippen LogP contribution in [0.1, 0.15) is 16.7 Å². The van der Waals surface area contributed by atoms with Gasteiger partial charge in [-0.2, -0.15) is 0 Å². The van der Waals surface area contributed by atoms with E-state index in [4.69, 9.17) is 9.47 Å². The minimum atomic E-state index is -1.89. The Kier molecular flexibility index (Phi) is 4.59. The van der Waals surface area contributed by atoms with Crippen LogP contribution in [0.4, 0.5) is 5.69 Å². The summed E-state index contributed by atoms with van der Waals surface area (Å²) in [5, 5.41) is 14.5. The molecule has 2 N–H and O–H groups in total. The number of benzene rings is 3. The van der Waals surface area contributed by atoms with Crippen molar-refractivity contribution in [1.29, 1.82) is 0 Å². The predicted molar refractivity (Wildman–Crippen MR) is 107 cm³/mol. The molecule has 0 radical (unpaired) electrons. The summed E-state index contributed by atoms with van der Waals surface area (Å²) in [6.45, 7) is 0. The Bertz CT molecular complexity index is 1030. The highest BCUT2D eigenvalue weighted by molar-refractivity contribution is 5.98. The molecule has 0 unspecified atom stereocenters. The van der Waals surface area contributed by atoms with Gasteiger partial charge in [-0.3, -0.25) is 0 Å². The van der Waals surface area contributed by atoms with Gasteiger partial charge in [0.05, 0.1) is 12.7 Å². The Labute approximate surface area is 162 Å². The van der Waals surface area contributed by atoms with Crippen LogP contribution >= 0.6 is 0 Å². The Hall–Kier alpha value is -3.57. The number of carbonyl (C=O) groups is 1. The lowest BCUT2D eigenvalue weighted by molar-refractivity contribution is -0.191. The molecule has 1 aliphatic rings. The average Bonchev–Trinajstić information content (AvgIpc) is 2.84. The number of esters is 1. The zero-order valence-electron chi connectivity index (χ0n) is 15.3. The molecule has 0 aliphatic carbocycles. The molecular weight excluding hydrogens is 354 g/mol. The first kappa shape index (κ1) is 17.8. The summed E-state index contributed by atoms with van der Waals surface area (Å²) in [7, 11) is 1.60. The number of hydrogen-bond donors (Lipinski definition) is 2. The van der Waals surface area contributed by atoms with Crippen LogP contribution in [0.25, 0.3) is 6.08 Å². The predicted octanol–water partition coefficient (Wildman–Crippen LogP) is 3.90. The number of methoxy groups -OCH3 is 1. The number of anilines is 1. The number of hydrogen-bond acceptors (Lipinski definition) is 5. The van der Waals surface area contributed by atoms with Gasteiger partial charge >= 0.3 is 5.97 Å². The van der Waals surface area contributed by atoms with Crippen LogP contribution in [-0.2, 0) is 15.3 Å². The summed E-state index contributed by atoms with van der Waals surface area (Å²) in [5.41, 5.74) is 2.56. The van der Waals surface area contributed by atoms with E-state index in [0.717, 1.165) is 11.3 Å². The van der Waals surface area contributed by atoms with Crippen molar-refractivity contribution >= 4 is 17.7 Å². The lowest BCUT2D eigenvalue weighted by Gasteiger charge is -2.27. The van der Waals surface area contributed by atoms with Gasteiger partial charge in [-0.1, -0.05) is 54.6 Å². The fourth-order valence-electron chi connectivity index (χ4n) is 3.17. The second kappa shape index (κ2) is 7.21. The zero-order chi connectivity index (χ0) is 19.6. The monoisotopic (exact) mass is 373 g/mol. The molecule has 0 saturated carbocycles. The van der Waals surface area contributed by atoms with Crippen LogP contribution < -0.4 is 10.1 Å². The van der Waals surface area contributed by atoms with Crippen molar-refractivity contribution in [2.45, 2.75) is 5.79 Å². The maximum atomic E-state index is 12.9. The van der Waals surface area contributed by atoms with Gasteiger partial charge in [-0.05, 0) is 35.9 Å². The first-order chi connectivity index (χ1) is 13.6. The number of rotatable bonds is 3. The second-order valence-electron chi connectivity index (χ2n) is 6.40. The smallest absolute Gasteiger partial charge is 0.357 e. The molecule has 1 atom stereocenters. The summed E-state index contributed by atoms with van der Waals surface area (Å²) in [6, 6.07) is 23.3. The Morgan fingerprint density at radius 2 is 1.64 bits per heavy atom. The standard InChI is InChI=1S/C23H19NO4/c1-27-18-13-11-16(12-14-18)15-21-22(25)28-23(26,17-7-3-2-4-8-17)19-9-5-6-10-20(19)24-21/h2-15,24,26H,1H3/b21-15+/t23-/m0/s1. The molecule has 1 aliphatic heterocycles. The van der Waals surface area contributed by atoms with E-state index in [1.54, 1.807) is 55.7 Å². The van der Waals surface area contributed by atoms with Gasteiger partial charge in [0.15, 0.2) is 0 Å². The molecule has 4 rings (SSSR count). The van der Waals surface area contributed by atoms with E-state index < -0.39 is 11.8 Å². The van der Waals surface area contributed by atoms with Crippen molar-refractivity contribution < 1.29 is 19.4 Å². The molecule has 140 valence electrons. The highest BCUT2D eigenvalue weighted by Crippen LogP contribution is 2.39. The van der Waals surface area contributed by atoms with Crippen LogP contribution in [0, 0.1) is 0 Å². The van der Waals surface area contributed by atoms with Gasteiger partial charge in [0.2, 0.25) is 0 Å². The number of ether oxygens (including phenoxy) is 2. The van der Waals surface area contributed by atoms with E-state index >= 15 is 0 Å². The van der Waals surface area contributed by atoms with E-state index in [1.807, 2.05) is 36.4 Å². The van der Waals surface area contributed by atoms with Crippen LogP contribution in [0.2, 0.25) is 0 Å². The quantitative estimate of drug-likeness (QED) is 0.538. The third kappa shape index (κ3) is 3.23. The van der Waals surface area contributed by atoms with Crippen molar-refractivity contribution in [2.24, 2.45) is 0 Å². The van der Waals surface area contributed by atoms with Crippen molar-refractivity contribution in [1.82, 2.24) is 0 Å². The van der Waals surface area contributed by atoms with Gasteiger partial charge in [0, 0.05) is 11.3 Å². The van der Waals surface area contributed by atoms with E-state index in [0.29, 0.717) is 16.8 Å². The molecule has 28 heavy (non-hydrogen) atoms. The maximum absolute atomic E-state index is 12.9. The van der Waals surface area contributed by atoms with Gasteiger partial charge in [0.25, 0.3) is 5.79 Å². The van der Waals surface area contributed by atoms with Crippen LogP contribution in [0.15, 0.2) is 84.6 Å². The number of para-hydroxylation sites is 1. The maximum Gasteiger partial charge on any atom is 0.357 e. The Balaban J connectivity index is 1.79. The fourth-order valence-corrected chi connectivity index (χ4v) is 3.17. The van der Waals surface area contributed by atoms with E-state index in [9.17, 15) is 9.90 Å². The fraction of sp³-hybridized carbons (Fsp3) is 0.0870. The lowest BCUT2D eigenvalue weighted by Crippen LogP contribution is -2.32. The van der Waals surface area contributed by atoms with E-state index in [2.05, 4.69) is 5.32 Å². The molecule has 3 aromatic rings. The van der Waals surface area contributed by atoms with Crippen molar-refractivity contribution in [2.75, 3.05) is 12.4 Å². The molecule has 3 aromatic carbocycles. The molecular formula is C23H19NO4. The number of carbonyl (C=O) groups excluding carboxylic acids is 1. The number of nitrogens with one attached hydrogen (secondary N) is 1. The summed E-state index contributed by atoms with van der Waals surface area (Å²) >= 11 is 0. The highest BCUT2D eigenvalue weighted by atomic mass is 16.7. The number of cyclic esters (lactones) is 1. The third-order valence-electron chi connectivity index (χ3n) is 4.61. The van der Waals surface area contributed by atoms with Crippen LogP contribution in [0.3, 0.4) is 0 Å². The summed E-state index contributed by atoms with van der Waals surface area (Å²) < 4.78 is 10.8. The molecule has 0 amide bonds. The molecule has 1 heterocycles. The largest absolute Gasteiger partial charge is 0.497 e. The minimum absolute atomic E-state index is 0.226. The lowest BCUT2D eigenvalue weighted by atomic mass is 9.96. The SMILES string of the molecule is COc1ccc(/C=C2/Nc3ccccc3[C@](O)(c3ccccc3)OC2=O)cc1. The highest BCUT2D eigenvalue weighted by Gasteiger charge is 2.41. The molecule has 0 saturated heterocycles. The topological polar surface area (TPSA) is 67.8 Å². The first-order valence-corrected chi connectivity index (χ1v) is 8.84. The Morgan fingerprint density at radius 3 is 2.36 bits per heavy atom. The second-order valence-corrected chi connectivity index (χ2v) is 6.40. The van der Waals surface area contributed by atoms with Crippen molar-refractivity contribution in [3.05, 3.63) is 101 Å². The van der Waals surface area contributed by atoms with E-state index in [1.165, 1.54) is 0 Å². The number of aliphatic hydroxyl groups is 1. The summed E-state index contributed by atoms with van der Waals surface area (Å²) in [4.78, 5) is 12.9. The van der Waals surface area contributed by atoms with Crippen LogP contribution in [0.5, 0.6) is 5.75 Å². The van der Waals surface area contributed by atoms with Gasteiger partial charge in [-0.15, -0.1) is 0 Å². The van der Waals surface area contributed by atoms with E-state index in [-0.39, 0.29) is 5.70 Å². The van der Waals surface area contributed by atoms with Gasteiger partial charge in [-0.25, -0.2) is 4.79 Å². The average molecular weight is 373 g/mol. The summed E-state index contributed by atoms with van der Waals surface area (Å²) in [5.74, 6) is -1.82. The first-order valence-electron chi connectivity index (χ1n) is 8.84. The van der Waals surface area contributed by atoms with Gasteiger partial charge < -0.3 is 19.9 Å². The third-order valence-corrected chi connectivity index (χ3v) is 4.61. The zero-order valence-corrected chi connectivity index (χ0v) is 15.3. The number of fused-ring (bicyclic) bond motifs is 1.